The standard InChI is InChI=1S/C15H22N2O2/c1-3-17(9-10-19-4-2)15(18)13-6-5-12-7-8-16-14(12)11-13/h5-6,11,16H,3-4,7-10H2,1-2H3. The fourth-order valence-electron chi connectivity index (χ4n) is 2.33. The molecule has 0 atom stereocenters. The third-order valence-electron chi connectivity index (χ3n) is 3.45. The van der Waals surface area contributed by atoms with Crippen LogP contribution in [0.15, 0.2) is 18.2 Å². The molecule has 1 aromatic rings. The Morgan fingerprint density at radius 2 is 2.26 bits per heavy atom. The third kappa shape index (κ3) is 3.26. The van der Waals surface area contributed by atoms with Gasteiger partial charge in [0.25, 0.3) is 5.91 Å². The number of nitrogens with zero attached hydrogens (tertiary/aromatic N) is 1. The summed E-state index contributed by atoms with van der Waals surface area (Å²) in [6.07, 6.45) is 1.05. The molecule has 0 saturated carbocycles. The number of hydrogen-bond donors (Lipinski definition) is 1. The van der Waals surface area contributed by atoms with Gasteiger partial charge in [-0.25, -0.2) is 0 Å². The van der Waals surface area contributed by atoms with Crippen LogP contribution in [0, 0.1) is 0 Å². The third-order valence-corrected chi connectivity index (χ3v) is 3.45. The van der Waals surface area contributed by atoms with E-state index < -0.39 is 0 Å². The first-order valence-corrected chi connectivity index (χ1v) is 7.00. The maximum Gasteiger partial charge on any atom is 0.253 e. The normalized spacial score (nSPS) is 12.9. The molecule has 0 unspecified atom stereocenters. The summed E-state index contributed by atoms with van der Waals surface area (Å²) in [5.41, 5.74) is 3.16. The molecular formula is C15H22N2O2. The van der Waals surface area contributed by atoms with Gasteiger partial charge in [0.1, 0.15) is 0 Å². The lowest BCUT2D eigenvalue weighted by Crippen LogP contribution is -2.33. The predicted molar refractivity (Wildman–Crippen MR) is 76.7 cm³/mol. The van der Waals surface area contributed by atoms with Crippen LogP contribution in [-0.4, -0.2) is 43.7 Å². The van der Waals surface area contributed by atoms with Gasteiger partial charge in [-0.1, -0.05) is 6.07 Å². The van der Waals surface area contributed by atoms with Crippen LogP contribution in [0.3, 0.4) is 0 Å². The van der Waals surface area contributed by atoms with Crippen LogP contribution in [0.4, 0.5) is 5.69 Å². The van der Waals surface area contributed by atoms with Crippen LogP contribution >= 0.6 is 0 Å². The second kappa shape index (κ2) is 6.57. The molecule has 1 aliphatic rings. The molecule has 1 aliphatic heterocycles. The molecule has 1 amide bonds. The van der Waals surface area contributed by atoms with Gasteiger partial charge in [-0.15, -0.1) is 0 Å². The summed E-state index contributed by atoms with van der Waals surface area (Å²) >= 11 is 0. The molecule has 1 N–H and O–H groups in total. The molecule has 1 heterocycles. The Bertz CT molecular complexity index is 446. The average Bonchev–Trinajstić information content (AvgIpc) is 2.90. The van der Waals surface area contributed by atoms with Gasteiger partial charge in [-0.2, -0.15) is 0 Å². The van der Waals surface area contributed by atoms with Gasteiger partial charge in [-0.05, 0) is 38.0 Å². The number of benzene rings is 1. The highest BCUT2D eigenvalue weighted by atomic mass is 16.5. The SMILES string of the molecule is CCOCCN(CC)C(=O)c1ccc2c(c1)NCC2. The van der Waals surface area contributed by atoms with Gasteiger partial charge < -0.3 is 15.0 Å². The predicted octanol–water partition coefficient (Wildman–Crippen LogP) is 2.15. The van der Waals surface area contributed by atoms with E-state index in [0.717, 1.165) is 24.2 Å². The minimum Gasteiger partial charge on any atom is -0.384 e. The molecule has 0 spiro atoms. The molecule has 1 aromatic carbocycles. The van der Waals surface area contributed by atoms with Gasteiger partial charge in [0.15, 0.2) is 0 Å². The van der Waals surface area contributed by atoms with E-state index in [9.17, 15) is 4.79 Å². The summed E-state index contributed by atoms with van der Waals surface area (Å²) in [5.74, 6) is 0.0821. The Balaban J connectivity index is 2.04. The van der Waals surface area contributed by atoms with Crippen LogP contribution < -0.4 is 5.32 Å². The van der Waals surface area contributed by atoms with Crippen LogP contribution in [0.25, 0.3) is 0 Å². The highest BCUT2D eigenvalue weighted by Crippen LogP contribution is 2.23. The maximum atomic E-state index is 12.4. The second-order valence-corrected chi connectivity index (χ2v) is 4.63. The highest BCUT2D eigenvalue weighted by molar-refractivity contribution is 5.95. The number of ether oxygens (including phenoxy) is 1. The number of carbonyl (C=O) groups is 1. The van der Waals surface area contributed by atoms with Crippen molar-refractivity contribution >= 4 is 11.6 Å². The number of nitrogens with one attached hydrogen (secondary N) is 1. The lowest BCUT2D eigenvalue weighted by Gasteiger charge is -2.21. The number of anilines is 1. The van der Waals surface area contributed by atoms with Crippen LogP contribution in [0.5, 0.6) is 0 Å². The molecule has 104 valence electrons. The molecule has 0 fully saturated rings. The number of likely N-dealkylation sites (N-methyl/N-ethyl adjacent to an activating group) is 1. The van der Waals surface area contributed by atoms with Crippen molar-refractivity contribution in [2.45, 2.75) is 20.3 Å². The zero-order valence-corrected chi connectivity index (χ0v) is 11.7. The van der Waals surface area contributed by atoms with Gasteiger partial charge in [0.05, 0.1) is 6.61 Å². The van der Waals surface area contributed by atoms with E-state index in [2.05, 4.69) is 11.4 Å². The quantitative estimate of drug-likeness (QED) is 0.799. The first kappa shape index (κ1) is 13.9. The second-order valence-electron chi connectivity index (χ2n) is 4.63. The smallest absolute Gasteiger partial charge is 0.253 e. The van der Waals surface area contributed by atoms with E-state index >= 15 is 0 Å². The summed E-state index contributed by atoms with van der Waals surface area (Å²) in [6.45, 7) is 7.56. The van der Waals surface area contributed by atoms with Crippen molar-refractivity contribution in [2.24, 2.45) is 0 Å². The van der Waals surface area contributed by atoms with E-state index in [0.29, 0.717) is 26.3 Å². The Kier molecular flexibility index (Phi) is 4.80. The lowest BCUT2D eigenvalue weighted by molar-refractivity contribution is 0.0669. The molecule has 0 radical (unpaired) electrons. The van der Waals surface area contributed by atoms with Gasteiger partial charge in [0, 0.05) is 37.5 Å². The summed E-state index contributed by atoms with van der Waals surface area (Å²) in [6, 6.07) is 5.95. The minimum absolute atomic E-state index is 0.0821. The number of amides is 1. The van der Waals surface area contributed by atoms with E-state index in [1.165, 1.54) is 5.56 Å². The van der Waals surface area contributed by atoms with Gasteiger partial charge in [0.2, 0.25) is 0 Å². The van der Waals surface area contributed by atoms with Gasteiger partial charge in [-0.3, -0.25) is 4.79 Å². The molecule has 4 nitrogen and oxygen atoms in total. The molecule has 0 aromatic heterocycles. The Hall–Kier alpha value is -1.55. The largest absolute Gasteiger partial charge is 0.384 e. The molecule has 0 bridgehead atoms. The van der Waals surface area contributed by atoms with E-state index in [1.54, 1.807) is 0 Å². The van der Waals surface area contributed by atoms with Crippen molar-refractivity contribution in [3.05, 3.63) is 29.3 Å². The Labute approximate surface area is 114 Å². The van der Waals surface area contributed by atoms with E-state index in [4.69, 9.17) is 4.74 Å². The van der Waals surface area contributed by atoms with Gasteiger partial charge >= 0.3 is 0 Å². The lowest BCUT2D eigenvalue weighted by atomic mass is 10.1. The number of rotatable bonds is 6. The van der Waals surface area contributed by atoms with E-state index in [-0.39, 0.29) is 5.91 Å². The van der Waals surface area contributed by atoms with E-state index in [1.807, 2.05) is 30.9 Å². The first-order chi connectivity index (χ1) is 9.26. The average molecular weight is 262 g/mol. The molecule has 0 saturated heterocycles. The summed E-state index contributed by atoms with van der Waals surface area (Å²) in [4.78, 5) is 14.2. The molecule has 19 heavy (non-hydrogen) atoms. The zero-order chi connectivity index (χ0) is 13.7. The van der Waals surface area contributed by atoms with Crippen molar-refractivity contribution in [3.63, 3.8) is 0 Å². The maximum absolute atomic E-state index is 12.4. The van der Waals surface area contributed by atoms with Crippen LogP contribution in [-0.2, 0) is 11.2 Å². The number of fused-ring (bicyclic) bond motifs is 1. The molecular weight excluding hydrogens is 240 g/mol. The fraction of sp³-hybridized carbons (Fsp3) is 0.533. The van der Waals surface area contributed by atoms with Crippen molar-refractivity contribution in [3.8, 4) is 0 Å². The summed E-state index contributed by atoms with van der Waals surface area (Å²) in [7, 11) is 0. The topological polar surface area (TPSA) is 41.6 Å². The summed E-state index contributed by atoms with van der Waals surface area (Å²) < 4.78 is 5.32. The zero-order valence-electron chi connectivity index (χ0n) is 11.7. The van der Waals surface area contributed by atoms with Crippen molar-refractivity contribution in [1.82, 2.24) is 4.90 Å². The molecule has 0 aliphatic carbocycles. The first-order valence-electron chi connectivity index (χ1n) is 7.00. The highest BCUT2D eigenvalue weighted by Gasteiger charge is 2.17. The monoisotopic (exact) mass is 262 g/mol. The number of carbonyl (C=O) groups excluding carboxylic acids is 1. The Morgan fingerprint density at radius 1 is 1.42 bits per heavy atom. The Morgan fingerprint density at radius 3 is 3.00 bits per heavy atom. The van der Waals surface area contributed by atoms with Crippen molar-refractivity contribution in [2.75, 3.05) is 38.2 Å². The fourth-order valence-corrected chi connectivity index (χ4v) is 2.33. The minimum atomic E-state index is 0.0821. The van der Waals surface area contributed by atoms with Crippen molar-refractivity contribution < 1.29 is 9.53 Å². The summed E-state index contributed by atoms with van der Waals surface area (Å²) in [5, 5.41) is 3.31. The molecule has 2 rings (SSSR count). The van der Waals surface area contributed by atoms with Crippen molar-refractivity contribution in [1.29, 1.82) is 0 Å². The molecule has 4 heteroatoms. The number of hydrogen-bond acceptors (Lipinski definition) is 3. The van der Waals surface area contributed by atoms with Crippen LogP contribution in [0.1, 0.15) is 29.8 Å². The van der Waals surface area contributed by atoms with Crippen LogP contribution in [0.2, 0.25) is 0 Å².